The summed E-state index contributed by atoms with van der Waals surface area (Å²) in [6.45, 7) is 0.731. The molecule has 3 heteroatoms. The second-order valence-corrected chi connectivity index (χ2v) is 4.51. The van der Waals surface area contributed by atoms with Crippen LogP contribution in [0.2, 0.25) is 0 Å². The maximum Gasteiger partial charge on any atom is 0.133 e. The Morgan fingerprint density at radius 2 is 2.21 bits per heavy atom. The molecule has 1 aliphatic carbocycles. The molecule has 0 spiro atoms. The van der Waals surface area contributed by atoms with Crippen molar-refractivity contribution in [3.8, 4) is 5.75 Å². The first kappa shape index (κ1) is 9.97. The van der Waals surface area contributed by atoms with Gasteiger partial charge in [-0.1, -0.05) is 12.8 Å². The van der Waals surface area contributed by atoms with Crippen LogP contribution in [-0.4, -0.2) is 6.61 Å². The van der Waals surface area contributed by atoms with Crippen molar-refractivity contribution in [1.82, 2.24) is 0 Å². The fraction of sp³-hybridized carbons (Fsp3) is 0.455. The Balaban J connectivity index is 1.87. The van der Waals surface area contributed by atoms with Gasteiger partial charge in [-0.25, -0.2) is 4.39 Å². The van der Waals surface area contributed by atoms with Gasteiger partial charge in [0.05, 0.1) is 11.1 Å². The van der Waals surface area contributed by atoms with Crippen LogP contribution in [0.1, 0.15) is 19.3 Å². The largest absolute Gasteiger partial charge is 0.492 e. The van der Waals surface area contributed by atoms with Crippen molar-refractivity contribution >= 4 is 15.9 Å². The van der Waals surface area contributed by atoms with E-state index in [0.29, 0.717) is 4.47 Å². The van der Waals surface area contributed by atoms with Crippen molar-refractivity contribution in [2.45, 2.75) is 19.3 Å². The Morgan fingerprint density at radius 3 is 2.86 bits per heavy atom. The molecular formula is C11H12BrFO. The standard InChI is InChI=1S/C11H12BrFO/c12-10-7-9(13)3-4-11(10)14-6-5-8-1-2-8/h3-4,7-8H,1-2,5-6H2. The summed E-state index contributed by atoms with van der Waals surface area (Å²) in [7, 11) is 0. The highest BCUT2D eigenvalue weighted by Crippen LogP contribution is 2.33. The zero-order chi connectivity index (χ0) is 9.97. The Kier molecular flexibility index (Phi) is 3.06. The Morgan fingerprint density at radius 1 is 1.43 bits per heavy atom. The summed E-state index contributed by atoms with van der Waals surface area (Å²) in [5.41, 5.74) is 0. The minimum absolute atomic E-state index is 0.244. The van der Waals surface area contributed by atoms with Crippen LogP contribution >= 0.6 is 15.9 Å². The van der Waals surface area contributed by atoms with Gasteiger partial charge in [0.1, 0.15) is 11.6 Å². The lowest BCUT2D eigenvalue weighted by Crippen LogP contribution is -1.98. The lowest BCUT2D eigenvalue weighted by atomic mass is 10.3. The lowest BCUT2D eigenvalue weighted by molar-refractivity contribution is 0.300. The van der Waals surface area contributed by atoms with Gasteiger partial charge < -0.3 is 4.74 Å². The van der Waals surface area contributed by atoms with E-state index < -0.39 is 0 Å². The van der Waals surface area contributed by atoms with Crippen LogP contribution in [-0.2, 0) is 0 Å². The molecule has 0 amide bonds. The predicted octanol–water partition coefficient (Wildman–Crippen LogP) is 3.77. The van der Waals surface area contributed by atoms with E-state index >= 15 is 0 Å². The zero-order valence-corrected chi connectivity index (χ0v) is 9.39. The molecule has 1 saturated carbocycles. The number of ether oxygens (including phenoxy) is 1. The second-order valence-electron chi connectivity index (χ2n) is 3.66. The average molecular weight is 259 g/mol. The Hall–Kier alpha value is -0.570. The second kappa shape index (κ2) is 4.30. The average Bonchev–Trinajstić information content (AvgIpc) is 2.92. The van der Waals surface area contributed by atoms with Gasteiger partial charge in [0.15, 0.2) is 0 Å². The molecule has 1 fully saturated rings. The minimum Gasteiger partial charge on any atom is -0.492 e. The Labute approximate surface area is 91.4 Å². The van der Waals surface area contributed by atoms with Gasteiger partial charge in [-0.2, -0.15) is 0 Å². The van der Waals surface area contributed by atoms with E-state index in [9.17, 15) is 4.39 Å². The third kappa shape index (κ3) is 2.71. The van der Waals surface area contributed by atoms with Crippen LogP contribution in [0.4, 0.5) is 4.39 Å². The molecule has 0 atom stereocenters. The fourth-order valence-corrected chi connectivity index (χ4v) is 1.80. The quantitative estimate of drug-likeness (QED) is 0.799. The van der Waals surface area contributed by atoms with E-state index in [1.54, 1.807) is 6.07 Å². The first-order chi connectivity index (χ1) is 6.75. The fourth-order valence-electron chi connectivity index (χ4n) is 1.33. The van der Waals surface area contributed by atoms with Gasteiger partial charge in [-0.3, -0.25) is 0 Å². The smallest absolute Gasteiger partial charge is 0.133 e. The van der Waals surface area contributed by atoms with Crippen molar-refractivity contribution in [1.29, 1.82) is 0 Å². The summed E-state index contributed by atoms with van der Waals surface area (Å²) in [5, 5.41) is 0. The van der Waals surface area contributed by atoms with Crippen LogP contribution in [0, 0.1) is 11.7 Å². The molecular weight excluding hydrogens is 247 g/mol. The van der Waals surface area contributed by atoms with E-state index in [2.05, 4.69) is 15.9 Å². The van der Waals surface area contributed by atoms with Crippen LogP contribution in [0.5, 0.6) is 5.75 Å². The number of halogens is 2. The number of hydrogen-bond donors (Lipinski definition) is 0. The first-order valence-electron chi connectivity index (χ1n) is 4.83. The highest BCUT2D eigenvalue weighted by atomic mass is 79.9. The van der Waals surface area contributed by atoms with E-state index in [0.717, 1.165) is 24.7 Å². The highest BCUT2D eigenvalue weighted by Gasteiger charge is 2.20. The Bertz CT molecular complexity index is 323. The molecule has 0 aliphatic heterocycles. The maximum absolute atomic E-state index is 12.7. The molecule has 1 nitrogen and oxygen atoms in total. The van der Waals surface area contributed by atoms with Crippen molar-refractivity contribution in [3.63, 3.8) is 0 Å². The zero-order valence-electron chi connectivity index (χ0n) is 7.80. The molecule has 1 aromatic rings. The SMILES string of the molecule is Fc1ccc(OCCC2CC2)c(Br)c1. The highest BCUT2D eigenvalue weighted by molar-refractivity contribution is 9.10. The number of rotatable bonds is 4. The summed E-state index contributed by atoms with van der Waals surface area (Å²) in [6, 6.07) is 4.50. The lowest BCUT2D eigenvalue weighted by Gasteiger charge is -2.07. The number of benzene rings is 1. The molecule has 0 radical (unpaired) electrons. The molecule has 1 aromatic carbocycles. The molecule has 2 rings (SSSR count). The molecule has 0 saturated heterocycles. The molecule has 0 N–H and O–H groups in total. The topological polar surface area (TPSA) is 9.23 Å². The molecule has 14 heavy (non-hydrogen) atoms. The third-order valence-corrected chi connectivity index (χ3v) is 2.99. The van der Waals surface area contributed by atoms with Crippen LogP contribution in [0.15, 0.2) is 22.7 Å². The monoisotopic (exact) mass is 258 g/mol. The predicted molar refractivity (Wildman–Crippen MR) is 56.9 cm³/mol. The summed E-state index contributed by atoms with van der Waals surface area (Å²) in [5.74, 6) is 1.35. The van der Waals surface area contributed by atoms with Crippen molar-refractivity contribution in [2.75, 3.05) is 6.61 Å². The van der Waals surface area contributed by atoms with Gasteiger partial charge in [0, 0.05) is 0 Å². The van der Waals surface area contributed by atoms with E-state index in [1.165, 1.54) is 25.0 Å². The normalized spacial score (nSPS) is 15.6. The van der Waals surface area contributed by atoms with Crippen molar-refractivity contribution in [3.05, 3.63) is 28.5 Å². The molecule has 0 aromatic heterocycles. The van der Waals surface area contributed by atoms with E-state index in [1.807, 2.05) is 0 Å². The van der Waals surface area contributed by atoms with E-state index in [4.69, 9.17) is 4.74 Å². The van der Waals surface area contributed by atoms with Gasteiger partial charge in [0.25, 0.3) is 0 Å². The van der Waals surface area contributed by atoms with Gasteiger partial charge in [-0.15, -0.1) is 0 Å². The summed E-state index contributed by atoms with van der Waals surface area (Å²) in [6.07, 6.45) is 3.80. The van der Waals surface area contributed by atoms with Gasteiger partial charge >= 0.3 is 0 Å². The van der Waals surface area contributed by atoms with Crippen LogP contribution < -0.4 is 4.74 Å². The van der Waals surface area contributed by atoms with E-state index in [-0.39, 0.29) is 5.82 Å². The third-order valence-electron chi connectivity index (χ3n) is 2.37. The van der Waals surface area contributed by atoms with Crippen molar-refractivity contribution in [2.24, 2.45) is 5.92 Å². The minimum atomic E-state index is -0.244. The molecule has 1 aliphatic rings. The van der Waals surface area contributed by atoms with Gasteiger partial charge in [0.2, 0.25) is 0 Å². The molecule has 0 heterocycles. The summed E-state index contributed by atoms with van der Waals surface area (Å²) < 4.78 is 18.9. The van der Waals surface area contributed by atoms with Crippen LogP contribution in [0.25, 0.3) is 0 Å². The maximum atomic E-state index is 12.7. The molecule has 0 bridgehead atoms. The van der Waals surface area contributed by atoms with Gasteiger partial charge in [-0.05, 0) is 46.5 Å². The first-order valence-corrected chi connectivity index (χ1v) is 5.63. The van der Waals surface area contributed by atoms with Crippen LogP contribution in [0.3, 0.4) is 0 Å². The molecule has 76 valence electrons. The summed E-state index contributed by atoms with van der Waals surface area (Å²) in [4.78, 5) is 0. The van der Waals surface area contributed by atoms with Crippen molar-refractivity contribution < 1.29 is 9.13 Å². The molecule has 0 unspecified atom stereocenters. The number of hydrogen-bond acceptors (Lipinski definition) is 1. The summed E-state index contributed by atoms with van der Waals surface area (Å²) >= 11 is 3.26.